The van der Waals surface area contributed by atoms with Crippen LogP contribution in [-0.4, -0.2) is 14.5 Å². The molecule has 0 saturated carbocycles. The fourth-order valence-electron chi connectivity index (χ4n) is 2.71. The van der Waals surface area contributed by atoms with Crippen LogP contribution in [0.2, 0.25) is 0 Å². The Balaban J connectivity index is 0.000000289. The highest BCUT2D eigenvalue weighted by Gasteiger charge is 2.23. The van der Waals surface area contributed by atoms with E-state index >= 15 is 0 Å². The molecule has 1 aromatic carbocycles. The second kappa shape index (κ2) is 9.71. The Labute approximate surface area is 170 Å². The Morgan fingerprint density at radius 2 is 1.06 bits per heavy atom. The van der Waals surface area contributed by atoms with E-state index in [2.05, 4.69) is 6.07 Å². The van der Waals surface area contributed by atoms with Crippen molar-refractivity contribution in [1.82, 2.24) is 0 Å². The molecule has 0 radical (unpaired) electrons. The fourth-order valence-corrected chi connectivity index (χ4v) is 2.71. The quantitative estimate of drug-likeness (QED) is 0.155. The first-order valence-corrected chi connectivity index (χ1v) is 8.57. The van der Waals surface area contributed by atoms with Gasteiger partial charge in [-0.1, -0.05) is 12.1 Å². The van der Waals surface area contributed by atoms with Crippen molar-refractivity contribution in [3.05, 3.63) is 85.1 Å². The summed E-state index contributed by atoms with van der Waals surface area (Å²) in [5.74, 6) is -0.217. The third-order valence-corrected chi connectivity index (χ3v) is 3.68. The van der Waals surface area contributed by atoms with Gasteiger partial charge < -0.3 is 34.5 Å². The van der Waals surface area contributed by atoms with E-state index in [1.54, 1.807) is 12.1 Å². The van der Waals surface area contributed by atoms with Gasteiger partial charge in [-0.15, -0.1) is 4.40 Å². The zero-order chi connectivity index (χ0) is 23.2. The van der Waals surface area contributed by atoms with Crippen LogP contribution in [0.4, 0.5) is 38.9 Å². The summed E-state index contributed by atoms with van der Waals surface area (Å²) in [5, 5.41) is 0. The molecule has 13 heteroatoms. The molecule has 2 nitrogen and oxygen atoms in total. The van der Waals surface area contributed by atoms with Gasteiger partial charge in [0.1, 0.15) is 5.82 Å². The molecule has 0 N–H and O–H groups in total. The van der Waals surface area contributed by atoms with Crippen LogP contribution in [0.1, 0.15) is 0 Å². The van der Waals surface area contributed by atoms with Crippen molar-refractivity contribution in [2.45, 2.75) is 0 Å². The van der Waals surface area contributed by atoms with Crippen LogP contribution in [0.3, 0.4) is 0 Å². The fraction of sp³-hybridized carbons (Fsp3) is 0. The van der Waals surface area contributed by atoms with Gasteiger partial charge >= 0.3 is 14.5 Å². The molecule has 0 aliphatic rings. The maximum absolute atomic E-state index is 14.2. The highest BCUT2D eigenvalue weighted by atomic mass is 19.5. The van der Waals surface area contributed by atoms with Gasteiger partial charge in [-0.2, -0.15) is 4.40 Å². The van der Waals surface area contributed by atoms with Gasteiger partial charge in [-0.3, -0.25) is 0 Å². The van der Waals surface area contributed by atoms with Gasteiger partial charge in [0.2, 0.25) is 6.20 Å². The predicted octanol–water partition coefficient (Wildman–Crippen LogP) is 5.57. The van der Waals surface area contributed by atoms with Gasteiger partial charge in [-0.25, -0.2) is 4.39 Å². The Morgan fingerprint density at radius 3 is 1.65 bits per heavy atom. The number of hydrogen-bond donors (Lipinski definition) is 0. The van der Waals surface area contributed by atoms with E-state index in [0.717, 1.165) is 16.7 Å². The van der Waals surface area contributed by atoms with Gasteiger partial charge in [-0.05, 0) is 24.3 Å². The van der Waals surface area contributed by atoms with Crippen LogP contribution in [0.5, 0.6) is 0 Å². The summed E-state index contributed by atoms with van der Waals surface area (Å²) in [4.78, 5) is 0. The first kappa shape index (κ1) is 24.0. The number of halogens is 9. The standard InChI is InChI=1S/C18H13FN2.2BF4/c19-15-8-2-1-7-14(15)18-13-20-11-5-3-9-16(20)17-10-4-6-12-21(17)18;2*2-1(3,4)5/h1-13H;;/q+2;2*-1. The number of fused-ring (bicyclic) bond motifs is 3. The number of hydrogen-bond acceptors (Lipinski definition) is 0. The largest absolute Gasteiger partial charge is 0.673 e. The lowest BCUT2D eigenvalue weighted by atomic mass is 10.1. The molecule has 0 amide bonds. The molecule has 0 spiro atoms. The molecule has 31 heavy (non-hydrogen) atoms. The first-order valence-electron chi connectivity index (χ1n) is 8.57. The summed E-state index contributed by atoms with van der Waals surface area (Å²) < 4.78 is 96.2. The van der Waals surface area contributed by atoms with E-state index in [9.17, 15) is 38.9 Å². The van der Waals surface area contributed by atoms with Crippen molar-refractivity contribution in [2.75, 3.05) is 0 Å². The summed E-state index contributed by atoms with van der Waals surface area (Å²) >= 11 is 0. The minimum Gasteiger partial charge on any atom is -0.418 e. The molecule has 0 unspecified atom stereocenters. The maximum atomic E-state index is 14.2. The molecule has 0 saturated heterocycles. The highest BCUT2D eigenvalue weighted by molar-refractivity contribution is 6.50. The highest BCUT2D eigenvalue weighted by Crippen LogP contribution is 2.19. The molecule has 164 valence electrons. The minimum atomic E-state index is -6.00. The molecule has 0 atom stereocenters. The first-order chi connectivity index (χ1) is 14.3. The van der Waals surface area contributed by atoms with E-state index in [1.807, 2.05) is 63.8 Å². The summed E-state index contributed by atoms with van der Waals surface area (Å²) in [6.45, 7) is 0. The topological polar surface area (TPSA) is 8.20 Å². The zero-order valence-electron chi connectivity index (χ0n) is 15.5. The lowest BCUT2D eigenvalue weighted by Crippen LogP contribution is -2.34. The molecular formula is C18H13B2F9N2. The third-order valence-electron chi connectivity index (χ3n) is 3.68. The molecule has 3 aromatic heterocycles. The Hall–Kier alpha value is -3.24. The lowest BCUT2D eigenvalue weighted by molar-refractivity contribution is -0.556. The van der Waals surface area contributed by atoms with Crippen molar-refractivity contribution < 1.29 is 47.7 Å². The van der Waals surface area contributed by atoms with Crippen molar-refractivity contribution in [1.29, 1.82) is 0 Å². The van der Waals surface area contributed by atoms with E-state index in [1.165, 1.54) is 6.07 Å². The minimum absolute atomic E-state index is 0.217. The van der Waals surface area contributed by atoms with E-state index in [-0.39, 0.29) is 5.82 Å². The molecule has 0 bridgehead atoms. The SMILES string of the molecule is F[B-](F)(F)F.F[B-](F)(F)F.Fc1ccccc1-c1c[n+]2ccccc2c2cccc[n+]12. The summed E-state index contributed by atoms with van der Waals surface area (Å²) in [7, 11) is -12.0. The molecule has 4 aromatic rings. The third kappa shape index (κ3) is 7.83. The monoisotopic (exact) mass is 450 g/mol. The van der Waals surface area contributed by atoms with Crippen LogP contribution in [0.25, 0.3) is 22.3 Å². The zero-order valence-corrected chi connectivity index (χ0v) is 15.5. The lowest BCUT2D eigenvalue weighted by Gasteiger charge is -2.00. The molecule has 0 aliphatic heterocycles. The Kier molecular flexibility index (Phi) is 7.53. The van der Waals surface area contributed by atoms with Crippen molar-refractivity contribution in [2.24, 2.45) is 0 Å². The van der Waals surface area contributed by atoms with Gasteiger partial charge in [0.05, 0.1) is 5.56 Å². The number of nitrogens with zero attached hydrogens (tertiary/aromatic N) is 2. The molecule has 4 rings (SSSR count). The number of pyridine rings is 2. The van der Waals surface area contributed by atoms with Crippen LogP contribution in [0.15, 0.2) is 79.3 Å². The van der Waals surface area contributed by atoms with Crippen LogP contribution in [-0.2, 0) is 0 Å². The summed E-state index contributed by atoms with van der Waals surface area (Å²) in [6.07, 6.45) is 5.90. The van der Waals surface area contributed by atoms with Crippen LogP contribution < -0.4 is 8.80 Å². The number of benzene rings is 1. The van der Waals surface area contributed by atoms with E-state index in [4.69, 9.17) is 0 Å². The molecule has 0 fully saturated rings. The second-order valence-electron chi connectivity index (χ2n) is 5.93. The average molecular weight is 450 g/mol. The summed E-state index contributed by atoms with van der Waals surface area (Å²) in [5.41, 5.74) is 3.54. The normalized spacial score (nSPS) is 11.4. The number of rotatable bonds is 1. The van der Waals surface area contributed by atoms with E-state index in [0.29, 0.717) is 5.56 Å². The number of aromatic nitrogens is 2. The van der Waals surface area contributed by atoms with E-state index < -0.39 is 14.5 Å². The smallest absolute Gasteiger partial charge is 0.418 e. The Bertz CT molecular complexity index is 1140. The molecule has 3 heterocycles. The van der Waals surface area contributed by atoms with Crippen molar-refractivity contribution >= 4 is 25.5 Å². The average Bonchev–Trinajstić information content (AvgIpc) is 2.65. The van der Waals surface area contributed by atoms with Gasteiger partial charge in [0, 0.05) is 24.3 Å². The predicted molar refractivity (Wildman–Crippen MR) is 98.5 cm³/mol. The van der Waals surface area contributed by atoms with Crippen LogP contribution >= 0.6 is 0 Å². The van der Waals surface area contributed by atoms with Crippen molar-refractivity contribution in [3.63, 3.8) is 0 Å². The molecular weight excluding hydrogens is 437 g/mol. The second-order valence-corrected chi connectivity index (χ2v) is 5.93. The van der Waals surface area contributed by atoms with Gasteiger partial charge in [0.25, 0.3) is 16.7 Å². The van der Waals surface area contributed by atoms with Gasteiger partial charge in [0.15, 0.2) is 12.4 Å². The van der Waals surface area contributed by atoms with Crippen LogP contribution in [0, 0.1) is 5.82 Å². The van der Waals surface area contributed by atoms with Crippen molar-refractivity contribution in [3.8, 4) is 11.3 Å². The molecule has 0 aliphatic carbocycles. The maximum Gasteiger partial charge on any atom is 0.673 e. The Morgan fingerprint density at radius 1 is 0.581 bits per heavy atom. The summed E-state index contributed by atoms with van der Waals surface area (Å²) in [6, 6.07) is 18.9.